The van der Waals surface area contributed by atoms with E-state index in [0.717, 1.165) is 32.2 Å². The molecule has 0 spiro atoms. The van der Waals surface area contributed by atoms with Crippen LogP contribution in [0.2, 0.25) is 0 Å². The van der Waals surface area contributed by atoms with E-state index < -0.39 is 9.84 Å². The summed E-state index contributed by atoms with van der Waals surface area (Å²) in [6.45, 7) is 7.77. The molecule has 1 aromatic carbocycles. The van der Waals surface area contributed by atoms with E-state index in [-0.39, 0.29) is 28.0 Å². The maximum atomic E-state index is 12.6. The largest absolute Gasteiger partial charge is 0.490 e. The third kappa shape index (κ3) is 6.67. The van der Waals surface area contributed by atoms with Gasteiger partial charge < -0.3 is 10.1 Å². The van der Waals surface area contributed by atoms with Crippen LogP contribution in [0.1, 0.15) is 33.6 Å². The zero-order valence-corrected chi connectivity index (χ0v) is 19.8. The van der Waals surface area contributed by atoms with Crippen LogP contribution in [0, 0.1) is 0 Å². The third-order valence-corrected chi connectivity index (χ3v) is 6.28. The molecule has 1 fully saturated rings. The average molecular weight is 462 g/mol. The fourth-order valence-corrected chi connectivity index (χ4v) is 4.27. The van der Waals surface area contributed by atoms with E-state index in [4.69, 9.17) is 4.74 Å². The molecule has 0 atom stereocenters. The van der Waals surface area contributed by atoms with Crippen molar-refractivity contribution in [2.75, 3.05) is 25.9 Å². The van der Waals surface area contributed by atoms with Crippen LogP contribution in [0.5, 0.6) is 5.75 Å². The Labute approximate surface area is 189 Å². The number of nitrogens with zero attached hydrogens (tertiary/aromatic N) is 2. The predicted molar refractivity (Wildman–Crippen MR) is 123 cm³/mol. The van der Waals surface area contributed by atoms with Gasteiger partial charge in [-0.1, -0.05) is 0 Å². The van der Waals surface area contributed by atoms with E-state index in [1.165, 1.54) is 22.8 Å². The van der Waals surface area contributed by atoms with Gasteiger partial charge in [-0.2, -0.15) is 0 Å². The Kier molecular flexibility index (Phi) is 7.09. The Bertz CT molecular complexity index is 1110. The Morgan fingerprint density at radius 3 is 2.28 bits per heavy atom. The smallest absolute Gasteiger partial charge is 0.258 e. The highest BCUT2D eigenvalue weighted by atomic mass is 32.2. The molecule has 3 rings (SSSR count). The molecule has 2 aromatic rings. The van der Waals surface area contributed by atoms with Gasteiger partial charge in [0.15, 0.2) is 9.84 Å². The first-order chi connectivity index (χ1) is 14.9. The van der Waals surface area contributed by atoms with Crippen molar-refractivity contribution in [3.8, 4) is 11.4 Å². The fraction of sp³-hybridized carbons (Fsp3) is 0.478. The monoisotopic (exact) mass is 461 g/mol. The molecule has 0 bridgehead atoms. The average Bonchev–Trinajstić information content (AvgIpc) is 2.68. The minimum atomic E-state index is -3.29. The lowest BCUT2D eigenvalue weighted by atomic mass is 10.1. The maximum Gasteiger partial charge on any atom is 0.258 e. The number of likely N-dealkylation sites (tertiary alicyclic amines) is 1. The summed E-state index contributed by atoms with van der Waals surface area (Å²) in [6.07, 6.45) is 4.31. The van der Waals surface area contributed by atoms with Gasteiger partial charge in [-0.3, -0.25) is 19.1 Å². The predicted octanol–water partition coefficient (Wildman–Crippen LogP) is 2.00. The summed E-state index contributed by atoms with van der Waals surface area (Å²) in [6, 6.07) is 9.34. The molecule has 9 heteroatoms. The van der Waals surface area contributed by atoms with Gasteiger partial charge >= 0.3 is 0 Å². The van der Waals surface area contributed by atoms with Gasteiger partial charge in [0.05, 0.1) is 11.4 Å². The normalized spacial score (nSPS) is 16.0. The second kappa shape index (κ2) is 9.46. The van der Waals surface area contributed by atoms with Crippen molar-refractivity contribution in [1.82, 2.24) is 14.8 Å². The second-order valence-corrected chi connectivity index (χ2v) is 11.2. The molecule has 0 aliphatic carbocycles. The van der Waals surface area contributed by atoms with Crippen molar-refractivity contribution in [3.63, 3.8) is 0 Å². The number of benzene rings is 1. The van der Waals surface area contributed by atoms with Crippen LogP contribution in [0.15, 0.2) is 52.3 Å². The van der Waals surface area contributed by atoms with Gasteiger partial charge in [0.25, 0.3) is 5.56 Å². The number of rotatable bonds is 6. The highest BCUT2D eigenvalue weighted by Gasteiger charge is 2.23. The van der Waals surface area contributed by atoms with Crippen molar-refractivity contribution >= 4 is 15.7 Å². The van der Waals surface area contributed by atoms with Gasteiger partial charge in [-0.15, -0.1) is 0 Å². The maximum absolute atomic E-state index is 12.6. The molecule has 1 N–H and O–H groups in total. The van der Waals surface area contributed by atoms with Crippen LogP contribution in [0.25, 0.3) is 5.69 Å². The van der Waals surface area contributed by atoms with E-state index in [0.29, 0.717) is 18.0 Å². The molecular formula is C23H31N3O5S. The quantitative estimate of drug-likeness (QED) is 0.707. The number of carbonyl (C=O) groups excluding carboxylic acids is 1. The van der Waals surface area contributed by atoms with Gasteiger partial charge in [0.1, 0.15) is 11.9 Å². The number of hydrogen-bond donors (Lipinski definition) is 1. The summed E-state index contributed by atoms with van der Waals surface area (Å²) >= 11 is 0. The minimum Gasteiger partial charge on any atom is -0.490 e. The SMILES string of the molecule is CC(C)(C)NC(=O)CN1CCC(Oc2ccn(-c3ccc(S(C)(=O)=O)cc3)c(=O)c2)CC1. The fourth-order valence-electron chi connectivity index (χ4n) is 3.64. The van der Waals surface area contributed by atoms with Crippen LogP contribution in [0.3, 0.4) is 0 Å². The summed E-state index contributed by atoms with van der Waals surface area (Å²) in [5, 5.41) is 2.97. The van der Waals surface area contributed by atoms with Crippen molar-refractivity contribution in [2.24, 2.45) is 0 Å². The highest BCUT2D eigenvalue weighted by Crippen LogP contribution is 2.19. The lowest BCUT2D eigenvalue weighted by molar-refractivity contribution is -0.124. The van der Waals surface area contributed by atoms with Crippen LogP contribution in [-0.2, 0) is 14.6 Å². The lowest BCUT2D eigenvalue weighted by Crippen LogP contribution is -2.48. The Hall–Kier alpha value is -2.65. The first-order valence-corrected chi connectivity index (χ1v) is 12.5. The van der Waals surface area contributed by atoms with Gasteiger partial charge in [0.2, 0.25) is 5.91 Å². The summed E-state index contributed by atoms with van der Waals surface area (Å²) in [5.41, 5.74) is 0.0794. The first kappa shape index (κ1) is 24.0. The summed E-state index contributed by atoms with van der Waals surface area (Å²) < 4.78 is 30.6. The lowest BCUT2D eigenvalue weighted by Gasteiger charge is -2.32. The standard InChI is InChI=1S/C23H31N3O5S/c1-23(2,3)24-21(27)16-25-12-9-18(10-13-25)31-19-11-14-26(22(28)15-19)17-5-7-20(8-6-17)32(4,29)30/h5-8,11,14-15,18H,9-10,12-13,16H2,1-4H3,(H,24,27). The van der Waals surface area contributed by atoms with Crippen molar-refractivity contribution in [3.05, 3.63) is 52.9 Å². The van der Waals surface area contributed by atoms with E-state index in [2.05, 4.69) is 10.2 Å². The zero-order valence-electron chi connectivity index (χ0n) is 19.0. The van der Waals surface area contributed by atoms with Crippen LogP contribution in [0.4, 0.5) is 0 Å². The van der Waals surface area contributed by atoms with Crippen molar-refractivity contribution < 1.29 is 17.9 Å². The molecule has 8 nitrogen and oxygen atoms in total. The van der Waals surface area contributed by atoms with E-state index in [1.54, 1.807) is 24.4 Å². The number of ether oxygens (including phenoxy) is 1. The molecule has 0 saturated carbocycles. The summed E-state index contributed by atoms with van der Waals surface area (Å²) in [5.74, 6) is 0.521. The molecule has 0 radical (unpaired) electrons. The van der Waals surface area contributed by atoms with E-state index in [9.17, 15) is 18.0 Å². The minimum absolute atomic E-state index is 0.0128. The van der Waals surface area contributed by atoms with Gasteiger partial charge in [-0.05, 0) is 63.9 Å². The molecule has 1 aromatic heterocycles. The third-order valence-electron chi connectivity index (χ3n) is 5.15. The Morgan fingerprint density at radius 2 is 1.75 bits per heavy atom. The van der Waals surface area contributed by atoms with E-state index >= 15 is 0 Å². The van der Waals surface area contributed by atoms with Crippen LogP contribution >= 0.6 is 0 Å². The van der Waals surface area contributed by atoms with E-state index in [1.807, 2.05) is 20.8 Å². The molecule has 1 amide bonds. The zero-order chi connectivity index (χ0) is 23.5. The highest BCUT2D eigenvalue weighted by molar-refractivity contribution is 7.90. The molecule has 1 aliphatic heterocycles. The van der Waals surface area contributed by atoms with Crippen LogP contribution in [-0.4, -0.2) is 61.3 Å². The van der Waals surface area contributed by atoms with Gasteiger partial charge in [-0.25, -0.2) is 8.42 Å². The van der Waals surface area contributed by atoms with Crippen LogP contribution < -0.4 is 15.6 Å². The second-order valence-electron chi connectivity index (χ2n) is 9.23. The Morgan fingerprint density at radius 1 is 1.12 bits per heavy atom. The molecule has 0 unspecified atom stereocenters. The Balaban J connectivity index is 1.56. The number of pyridine rings is 1. The number of sulfone groups is 1. The number of carbonyl (C=O) groups is 1. The number of hydrogen-bond acceptors (Lipinski definition) is 6. The molecule has 2 heterocycles. The molecule has 32 heavy (non-hydrogen) atoms. The molecular weight excluding hydrogens is 430 g/mol. The number of amides is 1. The van der Waals surface area contributed by atoms with Gasteiger partial charge in [0, 0.05) is 42.8 Å². The summed E-state index contributed by atoms with van der Waals surface area (Å²) in [4.78, 5) is 27.0. The number of piperidine rings is 1. The number of nitrogens with one attached hydrogen (secondary N) is 1. The summed E-state index contributed by atoms with van der Waals surface area (Å²) in [7, 11) is -3.29. The topological polar surface area (TPSA) is 97.7 Å². The first-order valence-electron chi connectivity index (χ1n) is 10.6. The van der Waals surface area contributed by atoms with Crippen molar-refractivity contribution in [2.45, 2.75) is 50.2 Å². The molecule has 174 valence electrons. The molecule has 1 saturated heterocycles. The molecule has 1 aliphatic rings. The number of aromatic nitrogens is 1. The van der Waals surface area contributed by atoms with Crippen molar-refractivity contribution in [1.29, 1.82) is 0 Å².